The molecule has 29 heavy (non-hydrogen) atoms. The fraction of sp³-hybridized carbons (Fsp3) is 0.474. The second-order valence-corrected chi connectivity index (χ2v) is 7.40. The Kier molecular flexibility index (Phi) is 5.34. The Labute approximate surface area is 168 Å². The van der Waals surface area contributed by atoms with Gasteiger partial charge in [0.25, 0.3) is 0 Å². The number of anilines is 2. The summed E-state index contributed by atoms with van der Waals surface area (Å²) in [5, 5.41) is 14.7. The largest absolute Gasteiger partial charge is 0.454 e. The van der Waals surface area contributed by atoms with Crippen LogP contribution >= 0.6 is 0 Å². The van der Waals surface area contributed by atoms with Crippen molar-refractivity contribution in [3.8, 4) is 11.5 Å². The van der Waals surface area contributed by atoms with Crippen molar-refractivity contribution >= 4 is 17.3 Å². The number of piperazine rings is 1. The summed E-state index contributed by atoms with van der Waals surface area (Å²) in [5.74, 6) is 2.19. The van der Waals surface area contributed by atoms with Gasteiger partial charge in [-0.2, -0.15) is 0 Å². The predicted molar refractivity (Wildman–Crippen MR) is 108 cm³/mol. The van der Waals surface area contributed by atoms with E-state index in [1.54, 1.807) is 0 Å². The minimum atomic E-state index is -0.404. The average molecular weight is 400 g/mol. The van der Waals surface area contributed by atoms with Crippen LogP contribution in [0.4, 0.5) is 17.3 Å². The Hall–Kier alpha value is -3.14. The molecule has 1 saturated heterocycles. The first-order valence-corrected chi connectivity index (χ1v) is 9.63. The molecule has 0 atom stereocenters. The van der Waals surface area contributed by atoms with Gasteiger partial charge in [0.15, 0.2) is 11.5 Å². The van der Waals surface area contributed by atoms with E-state index in [2.05, 4.69) is 20.2 Å². The molecule has 2 aliphatic heterocycles. The van der Waals surface area contributed by atoms with Crippen LogP contribution in [0.3, 0.4) is 0 Å². The summed E-state index contributed by atoms with van der Waals surface area (Å²) in [5.41, 5.74) is 1.09. The van der Waals surface area contributed by atoms with E-state index in [4.69, 9.17) is 9.47 Å². The number of nitro groups is 1. The quantitative estimate of drug-likeness (QED) is 0.577. The lowest BCUT2D eigenvalue weighted by Gasteiger charge is -2.35. The highest BCUT2D eigenvalue weighted by Gasteiger charge is 2.29. The van der Waals surface area contributed by atoms with Crippen LogP contribution in [-0.2, 0) is 6.54 Å². The minimum Gasteiger partial charge on any atom is -0.454 e. The van der Waals surface area contributed by atoms with E-state index in [1.165, 1.54) is 6.33 Å². The number of aromatic nitrogens is 2. The van der Waals surface area contributed by atoms with E-state index in [1.807, 2.05) is 36.9 Å². The molecule has 0 spiro atoms. The standard InChI is InChI=1S/C19H24N6O4/c1-13(2)22-18-17(25(26)27)19(21-11-20-18)24-7-5-23(6-8-24)10-14-3-4-15-16(9-14)29-12-28-15/h3-4,9,11,13H,5-8,10,12H2,1-2H3,(H,20,21,22). The van der Waals surface area contributed by atoms with Crippen LogP contribution in [0.2, 0.25) is 0 Å². The van der Waals surface area contributed by atoms with Crippen LogP contribution in [-0.4, -0.2) is 58.8 Å². The van der Waals surface area contributed by atoms with Gasteiger partial charge in [0, 0.05) is 38.8 Å². The topological polar surface area (TPSA) is 106 Å². The van der Waals surface area contributed by atoms with Crippen molar-refractivity contribution in [2.45, 2.75) is 26.4 Å². The first kappa shape index (κ1) is 19.2. The van der Waals surface area contributed by atoms with Gasteiger partial charge >= 0.3 is 5.69 Å². The summed E-state index contributed by atoms with van der Waals surface area (Å²) in [6.07, 6.45) is 1.38. The fourth-order valence-corrected chi connectivity index (χ4v) is 3.56. The molecule has 0 bridgehead atoms. The predicted octanol–water partition coefficient (Wildman–Crippen LogP) is 2.26. The first-order chi connectivity index (χ1) is 14.0. The lowest BCUT2D eigenvalue weighted by molar-refractivity contribution is -0.383. The SMILES string of the molecule is CC(C)Nc1ncnc(N2CCN(Cc3ccc4c(c3)OCO4)CC2)c1[N+](=O)[O-]. The Bertz CT molecular complexity index is 898. The number of hydrogen-bond acceptors (Lipinski definition) is 9. The van der Waals surface area contributed by atoms with E-state index in [0.29, 0.717) is 18.9 Å². The molecule has 1 aromatic heterocycles. The maximum atomic E-state index is 11.7. The molecule has 1 N–H and O–H groups in total. The number of ether oxygens (including phenoxy) is 2. The van der Waals surface area contributed by atoms with Gasteiger partial charge in [-0.25, -0.2) is 9.97 Å². The maximum absolute atomic E-state index is 11.7. The van der Waals surface area contributed by atoms with Gasteiger partial charge < -0.3 is 19.7 Å². The third-order valence-electron chi connectivity index (χ3n) is 4.93. The summed E-state index contributed by atoms with van der Waals surface area (Å²) in [4.78, 5) is 23.9. The smallest absolute Gasteiger partial charge is 0.353 e. The van der Waals surface area contributed by atoms with E-state index < -0.39 is 4.92 Å². The van der Waals surface area contributed by atoms with Gasteiger partial charge in [0.2, 0.25) is 18.4 Å². The van der Waals surface area contributed by atoms with E-state index in [9.17, 15) is 10.1 Å². The highest BCUT2D eigenvalue weighted by molar-refractivity contribution is 5.70. The van der Waals surface area contributed by atoms with E-state index in [0.717, 1.165) is 36.7 Å². The second kappa shape index (κ2) is 8.08. The Morgan fingerprint density at radius 1 is 1.17 bits per heavy atom. The first-order valence-electron chi connectivity index (χ1n) is 9.63. The van der Waals surface area contributed by atoms with Gasteiger partial charge in [0.1, 0.15) is 6.33 Å². The van der Waals surface area contributed by atoms with Gasteiger partial charge in [-0.3, -0.25) is 15.0 Å². The molecule has 0 amide bonds. The summed E-state index contributed by atoms with van der Waals surface area (Å²) in [7, 11) is 0. The number of nitrogens with zero attached hydrogens (tertiary/aromatic N) is 5. The summed E-state index contributed by atoms with van der Waals surface area (Å²) in [6.45, 7) is 7.76. The number of fused-ring (bicyclic) bond motifs is 1. The molecule has 10 heteroatoms. The minimum absolute atomic E-state index is 0.0370. The summed E-state index contributed by atoms with van der Waals surface area (Å²) < 4.78 is 10.8. The zero-order chi connectivity index (χ0) is 20.4. The maximum Gasteiger partial charge on any atom is 0.353 e. The summed E-state index contributed by atoms with van der Waals surface area (Å²) in [6, 6.07) is 6.02. The monoisotopic (exact) mass is 400 g/mol. The van der Waals surface area contributed by atoms with Gasteiger partial charge in [-0.05, 0) is 31.5 Å². The molecular formula is C19H24N6O4. The molecule has 154 valence electrons. The molecule has 3 heterocycles. The van der Waals surface area contributed by atoms with Crippen LogP contribution in [0.5, 0.6) is 11.5 Å². The highest BCUT2D eigenvalue weighted by atomic mass is 16.7. The Morgan fingerprint density at radius 3 is 2.66 bits per heavy atom. The van der Waals surface area contributed by atoms with Crippen molar-refractivity contribution in [2.75, 3.05) is 43.2 Å². The van der Waals surface area contributed by atoms with Gasteiger partial charge in [0.05, 0.1) is 4.92 Å². The van der Waals surface area contributed by atoms with Crippen molar-refractivity contribution < 1.29 is 14.4 Å². The molecule has 0 radical (unpaired) electrons. The molecule has 0 saturated carbocycles. The molecule has 4 rings (SSSR count). The molecule has 10 nitrogen and oxygen atoms in total. The zero-order valence-corrected chi connectivity index (χ0v) is 16.5. The van der Waals surface area contributed by atoms with Crippen molar-refractivity contribution in [1.82, 2.24) is 14.9 Å². The lowest BCUT2D eigenvalue weighted by atomic mass is 10.1. The van der Waals surface area contributed by atoms with E-state index in [-0.39, 0.29) is 24.3 Å². The van der Waals surface area contributed by atoms with Crippen molar-refractivity contribution in [1.29, 1.82) is 0 Å². The number of nitrogens with one attached hydrogen (secondary N) is 1. The average Bonchev–Trinajstić information content (AvgIpc) is 3.15. The molecule has 2 aliphatic rings. The highest BCUT2D eigenvalue weighted by Crippen LogP contribution is 2.34. The molecule has 1 aromatic carbocycles. The molecule has 2 aromatic rings. The van der Waals surface area contributed by atoms with Gasteiger partial charge in [-0.15, -0.1) is 0 Å². The Balaban J connectivity index is 1.44. The number of benzene rings is 1. The lowest BCUT2D eigenvalue weighted by Crippen LogP contribution is -2.46. The number of rotatable bonds is 6. The molecular weight excluding hydrogens is 376 g/mol. The van der Waals surface area contributed by atoms with Crippen LogP contribution in [0.1, 0.15) is 19.4 Å². The molecule has 1 fully saturated rings. The fourth-order valence-electron chi connectivity index (χ4n) is 3.56. The van der Waals surface area contributed by atoms with Crippen molar-refractivity contribution in [3.63, 3.8) is 0 Å². The van der Waals surface area contributed by atoms with Crippen LogP contribution in [0.25, 0.3) is 0 Å². The molecule has 0 unspecified atom stereocenters. The normalized spacial score (nSPS) is 16.3. The Morgan fingerprint density at radius 2 is 1.93 bits per heavy atom. The third-order valence-corrected chi connectivity index (χ3v) is 4.93. The van der Waals surface area contributed by atoms with Crippen molar-refractivity contribution in [2.24, 2.45) is 0 Å². The van der Waals surface area contributed by atoms with Crippen LogP contribution in [0, 0.1) is 10.1 Å². The van der Waals surface area contributed by atoms with E-state index >= 15 is 0 Å². The summed E-state index contributed by atoms with van der Waals surface area (Å²) >= 11 is 0. The second-order valence-electron chi connectivity index (χ2n) is 7.40. The third kappa shape index (κ3) is 4.16. The molecule has 0 aliphatic carbocycles. The van der Waals surface area contributed by atoms with Crippen LogP contribution < -0.4 is 19.7 Å². The van der Waals surface area contributed by atoms with Crippen molar-refractivity contribution in [3.05, 3.63) is 40.2 Å². The zero-order valence-electron chi connectivity index (χ0n) is 16.5. The number of hydrogen-bond donors (Lipinski definition) is 1. The van der Waals surface area contributed by atoms with Gasteiger partial charge in [-0.1, -0.05) is 6.07 Å². The van der Waals surface area contributed by atoms with Crippen LogP contribution in [0.15, 0.2) is 24.5 Å².